The minimum atomic E-state index is -0.826. The predicted molar refractivity (Wildman–Crippen MR) is 78.0 cm³/mol. The highest BCUT2D eigenvalue weighted by atomic mass is 35.5. The molecule has 0 aliphatic carbocycles. The zero-order valence-electron chi connectivity index (χ0n) is 11.4. The molecule has 1 atom stereocenters. The molecule has 0 unspecified atom stereocenters. The largest absolute Gasteiger partial charge is 0.495 e. The molecule has 0 saturated heterocycles. The van der Waals surface area contributed by atoms with E-state index in [0.29, 0.717) is 10.8 Å². The van der Waals surface area contributed by atoms with Crippen LogP contribution < -0.4 is 10.5 Å². The van der Waals surface area contributed by atoms with Crippen molar-refractivity contribution in [3.63, 3.8) is 0 Å². The first kappa shape index (κ1) is 18.0. The quantitative estimate of drug-likeness (QED) is 0.869. The van der Waals surface area contributed by atoms with Crippen molar-refractivity contribution >= 4 is 30.0 Å². The topological polar surface area (TPSA) is 61.5 Å². The van der Waals surface area contributed by atoms with E-state index in [1.54, 1.807) is 32.0 Å². The number of ether oxygens (including phenoxy) is 2. The van der Waals surface area contributed by atoms with E-state index >= 15 is 0 Å². The van der Waals surface area contributed by atoms with Gasteiger partial charge in [-0.05, 0) is 31.5 Å². The normalized spacial score (nSPS) is 12.3. The number of halogens is 2. The summed E-state index contributed by atoms with van der Waals surface area (Å²) in [6, 6.07) is 4.71. The molecule has 0 aromatic heterocycles. The average molecular weight is 308 g/mol. The summed E-state index contributed by atoms with van der Waals surface area (Å²) in [4.78, 5) is 11.7. The second-order valence-electron chi connectivity index (χ2n) is 4.58. The lowest BCUT2D eigenvalue weighted by molar-refractivity contribution is -0.152. The molecular formula is C13H19Cl2NO3. The van der Waals surface area contributed by atoms with E-state index in [4.69, 9.17) is 26.8 Å². The van der Waals surface area contributed by atoms with E-state index in [-0.39, 0.29) is 18.4 Å². The molecule has 0 aliphatic heterocycles. The van der Waals surface area contributed by atoms with Crippen LogP contribution in [0.2, 0.25) is 5.02 Å². The van der Waals surface area contributed by atoms with Gasteiger partial charge in [0, 0.05) is 6.04 Å². The van der Waals surface area contributed by atoms with Crippen LogP contribution in [-0.4, -0.2) is 20.2 Å². The van der Waals surface area contributed by atoms with Crippen molar-refractivity contribution in [1.29, 1.82) is 0 Å². The smallest absolute Gasteiger partial charge is 0.313 e. The highest BCUT2D eigenvalue weighted by Crippen LogP contribution is 2.35. The molecule has 0 bridgehead atoms. The van der Waals surface area contributed by atoms with Gasteiger partial charge in [-0.2, -0.15) is 0 Å². The summed E-state index contributed by atoms with van der Waals surface area (Å²) in [5, 5.41) is 0.504. The Morgan fingerprint density at radius 3 is 2.42 bits per heavy atom. The molecule has 1 aromatic rings. The third kappa shape index (κ3) is 3.75. The Balaban J connectivity index is 0.00000324. The fourth-order valence-corrected chi connectivity index (χ4v) is 1.87. The molecule has 1 aromatic carbocycles. The van der Waals surface area contributed by atoms with Crippen LogP contribution in [0.15, 0.2) is 18.2 Å². The number of hydrogen-bond donors (Lipinski definition) is 1. The van der Waals surface area contributed by atoms with Crippen LogP contribution in [0, 0.1) is 5.41 Å². The van der Waals surface area contributed by atoms with E-state index in [9.17, 15) is 4.79 Å². The molecule has 2 N–H and O–H groups in total. The molecule has 108 valence electrons. The number of benzene rings is 1. The van der Waals surface area contributed by atoms with Crippen molar-refractivity contribution in [3.05, 3.63) is 28.8 Å². The van der Waals surface area contributed by atoms with E-state index in [1.807, 2.05) is 0 Å². The zero-order chi connectivity index (χ0) is 13.9. The number of methoxy groups -OCH3 is 2. The lowest BCUT2D eigenvalue weighted by atomic mass is 9.81. The SMILES string of the molecule is COC(=O)C(C)(C)[C@H](N)c1ccc(Cl)c(OC)c1.Cl. The Labute approximate surface area is 124 Å². The van der Waals surface area contributed by atoms with Crippen LogP contribution in [0.25, 0.3) is 0 Å². The van der Waals surface area contributed by atoms with E-state index < -0.39 is 11.5 Å². The first-order chi connectivity index (χ1) is 8.34. The number of carbonyl (C=O) groups is 1. The monoisotopic (exact) mass is 307 g/mol. The Bertz CT molecular complexity index is 450. The van der Waals surface area contributed by atoms with Crippen LogP contribution in [0.4, 0.5) is 0 Å². The van der Waals surface area contributed by atoms with Gasteiger partial charge in [-0.1, -0.05) is 17.7 Å². The maximum Gasteiger partial charge on any atom is 0.313 e. The van der Waals surface area contributed by atoms with Crippen molar-refractivity contribution < 1.29 is 14.3 Å². The summed E-state index contributed by atoms with van der Waals surface area (Å²) in [6.07, 6.45) is 0. The van der Waals surface area contributed by atoms with E-state index in [2.05, 4.69) is 0 Å². The summed E-state index contributed by atoms with van der Waals surface area (Å²) in [6.45, 7) is 3.48. The molecule has 6 heteroatoms. The minimum Gasteiger partial charge on any atom is -0.495 e. The maximum atomic E-state index is 11.7. The Kier molecular flexibility index (Phi) is 6.63. The Morgan fingerprint density at radius 2 is 1.95 bits per heavy atom. The average Bonchev–Trinajstić information content (AvgIpc) is 2.37. The first-order valence-corrected chi connectivity index (χ1v) is 5.89. The highest BCUT2D eigenvalue weighted by molar-refractivity contribution is 6.32. The van der Waals surface area contributed by atoms with Gasteiger partial charge in [-0.3, -0.25) is 4.79 Å². The second-order valence-corrected chi connectivity index (χ2v) is 4.99. The summed E-state index contributed by atoms with van der Waals surface area (Å²) in [5.74, 6) is 0.175. The molecule has 0 heterocycles. The van der Waals surface area contributed by atoms with Crippen LogP contribution >= 0.6 is 24.0 Å². The van der Waals surface area contributed by atoms with Crippen LogP contribution in [0.1, 0.15) is 25.5 Å². The molecule has 4 nitrogen and oxygen atoms in total. The van der Waals surface area contributed by atoms with Crippen LogP contribution in [0.3, 0.4) is 0 Å². The van der Waals surface area contributed by atoms with Gasteiger partial charge >= 0.3 is 5.97 Å². The van der Waals surface area contributed by atoms with Gasteiger partial charge in [0.05, 0.1) is 24.7 Å². The number of nitrogens with two attached hydrogens (primary N) is 1. The standard InChI is InChI=1S/C13H18ClNO3.ClH/c1-13(2,12(16)18-4)11(15)8-5-6-9(14)10(7-8)17-3;/h5-7,11H,15H2,1-4H3;1H/t11-;/m1./s1. The van der Waals surface area contributed by atoms with Gasteiger partial charge in [-0.15, -0.1) is 12.4 Å². The van der Waals surface area contributed by atoms with Crippen molar-refractivity contribution in [2.45, 2.75) is 19.9 Å². The zero-order valence-corrected chi connectivity index (χ0v) is 13.0. The van der Waals surface area contributed by atoms with Crippen molar-refractivity contribution in [2.24, 2.45) is 11.1 Å². The maximum absolute atomic E-state index is 11.7. The van der Waals surface area contributed by atoms with Gasteiger partial charge in [-0.25, -0.2) is 0 Å². The molecule has 0 fully saturated rings. The van der Waals surface area contributed by atoms with Gasteiger partial charge in [0.2, 0.25) is 0 Å². The molecule has 0 aliphatic rings. The molecule has 19 heavy (non-hydrogen) atoms. The highest BCUT2D eigenvalue weighted by Gasteiger charge is 2.36. The van der Waals surface area contributed by atoms with Gasteiger partial charge in [0.25, 0.3) is 0 Å². The molecule has 1 rings (SSSR count). The van der Waals surface area contributed by atoms with Crippen molar-refractivity contribution in [1.82, 2.24) is 0 Å². The molecule has 0 radical (unpaired) electrons. The Morgan fingerprint density at radius 1 is 1.37 bits per heavy atom. The lowest BCUT2D eigenvalue weighted by Crippen LogP contribution is -2.37. The minimum absolute atomic E-state index is 0. The van der Waals surface area contributed by atoms with Crippen LogP contribution in [-0.2, 0) is 9.53 Å². The third-order valence-corrected chi connectivity index (χ3v) is 3.34. The molecular weight excluding hydrogens is 289 g/mol. The number of hydrogen-bond acceptors (Lipinski definition) is 4. The summed E-state index contributed by atoms with van der Waals surface area (Å²) in [7, 11) is 2.88. The second kappa shape index (κ2) is 6.98. The Hall–Kier alpha value is -0.970. The van der Waals surface area contributed by atoms with Gasteiger partial charge in [0.1, 0.15) is 5.75 Å². The third-order valence-electron chi connectivity index (χ3n) is 3.02. The van der Waals surface area contributed by atoms with Crippen LogP contribution in [0.5, 0.6) is 5.75 Å². The summed E-state index contributed by atoms with van der Waals surface area (Å²) in [5.41, 5.74) is 6.07. The fraction of sp³-hybridized carbons (Fsp3) is 0.462. The van der Waals surface area contributed by atoms with E-state index in [0.717, 1.165) is 5.56 Å². The first-order valence-electron chi connectivity index (χ1n) is 5.52. The number of carbonyl (C=O) groups excluding carboxylic acids is 1. The summed E-state index contributed by atoms with van der Waals surface area (Å²) >= 11 is 5.95. The van der Waals surface area contributed by atoms with Crippen molar-refractivity contribution in [2.75, 3.05) is 14.2 Å². The fourth-order valence-electron chi connectivity index (χ4n) is 1.68. The van der Waals surface area contributed by atoms with E-state index in [1.165, 1.54) is 14.2 Å². The molecule has 0 spiro atoms. The molecule has 0 saturated carbocycles. The van der Waals surface area contributed by atoms with Gasteiger partial charge < -0.3 is 15.2 Å². The number of rotatable bonds is 4. The summed E-state index contributed by atoms with van der Waals surface area (Å²) < 4.78 is 9.89. The molecule has 0 amide bonds. The van der Waals surface area contributed by atoms with Gasteiger partial charge in [0.15, 0.2) is 0 Å². The van der Waals surface area contributed by atoms with Crippen molar-refractivity contribution in [3.8, 4) is 5.75 Å². The lowest BCUT2D eigenvalue weighted by Gasteiger charge is -2.29. The predicted octanol–water partition coefficient (Wildman–Crippen LogP) is 2.97. The number of esters is 1.